The van der Waals surface area contributed by atoms with Gasteiger partial charge in [0.05, 0.1) is 0 Å². The first kappa shape index (κ1) is 32.4. The van der Waals surface area contributed by atoms with Gasteiger partial charge in [0.1, 0.15) is 0 Å². The summed E-state index contributed by atoms with van der Waals surface area (Å²) in [5.41, 5.74) is 0.963. The molecule has 0 N–H and O–H groups in total. The van der Waals surface area contributed by atoms with Crippen LogP contribution in [0.1, 0.15) is 85.0 Å². The fraction of sp³-hybridized carbons (Fsp3) is 1.00. The van der Waals surface area contributed by atoms with Crippen LogP contribution >= 0.6 is 0 Å². The first-order chi connectivity index (χ1) is 17.8. The third-order valence-electron chi connectivity index (χ3n) is 11.7. The second-order valence-electron chi connectivity index (χ2n) is 17.9. The van der Waals surface area contributed by atoms with Crippen molar-refractivity contribution in [2.24, 2.45) is 46.3 Å². The molecule has 0 aromatic carbocycles. The van der Waals surface area contributed by atoms with Crippen LogP contribution in [-0.4, -0.2) is 43.8 Å². The standard InChI is InChI=1S/C33H66O3Si3/c1-24(14-13-21-34-37(4,5)6)27-15-16-28-31-29(18-20-33(27,28)3)32(2)19-17-26(35-38(7,8)9)22-25(32)23-30(31)36-39(10,11)12/h24-31H,13-23H2,1-12H3/t24-,25+,26+,27-,28+,29+,30-,31+,32+,33-/m1/s1. The molecule has 6 heteroatoms. The van der Waals surface area contributed by atoms with Crippen LogP contribution in [0.3, 0.4) is 0 Å². The normalized spacial score (nSPS) is 42.0. The second kappa shape index (κ2) is 11.6. The summed E-state index contributed by atoms with van der Waals surface area (Å²) >= 11 is 0. The van der Waals surface area contributed by atoms with Gasteiger partial charge in [0, 0.05) is 18.8 Å². The molecule has 4 rings (SSSR count). The zero-order valence-electron chi connectivity index (χ0n) is 28.1. The molecule has 0 unspecified atom stereocenters. The third-order valence-corrected chi connectivity index (χ3v) is 14.9. The fourth-order valence-corrected chi connectivity index (χ4v) is 13.4. The molecular weight excluding hydrogens is 529 g/mol. The number of hydrogen-bond acceptors (Lipinski definition) is 3. The first-order valence-electron chi connectivity index (χ1n) is 16.8. The monoisotopic (exact) mass is 594 g/mol. The molecule has 4 aliphatic rings. The highest BCUT2D eigenvalue weighted by atomic mass is 28.4. The lowest BCUT2D eigenvalue weighted by Gasteiger charge is -2.64. The molecule has 0 aliphatic heterocycles. The van der Waals surface area contributed by atoms with Crippen molar-refractivity contribution in [3.63, 3.8) is 0 Å². The molecule has 4 aliphatic carbocycles. The van der Waals surface area contributed by atoms with Crippen molar-refractivity contribution in [1.29, 1.82) is 0 Å². The first-order valence-corrected chi connectivity index (χ1v) is 27.0. The van der Waals surface area contributed by atoms with Crippen LogP contribution in [0.2, 0.25) is 58.9 Å². The lowest BCUT2D eigenvalue weighted by Crippen LogP contribution is -2.60. The van der Waals surface area contributed by atoms with Crippen molar-refractivity contribution in [1.82, 2.24) is 0 Å². The molecule has 0 saturated heterocycles. The quantitative estimate of drug-likeness (QED) is 0.186. The Morgan fingerprint density at radius 3 is 1.95 bits per heavy atom. The van der Waals surface area contributed by atoms with Gasteiger partial charge in [-0.15, -0.1) is 0 Å². The smallest absolute Gasteiger partial charge is 0.184 e. The zero-order chi connectivity index (χ0) is 29.0. The van der Waals surface area contributed by atoms with Crippen molar-refractivity contribution in [2.75, 3.05) is 6.61 Å². The Hall–Kier alpha value is 0.531. The molecule has 0 heterocycles. The van der Waals surface area contributed by atoms with E-state index in [9.17, 15) is 0 Å². The van der Waals surface area contributed by atoms with Gasteiger partial charge in [-0.1, -0.05) is 20.8 Å². The third kappa shape index (κ3) is 7.37. The van der Waals surface area contributed by atoms with Gasteiger partial charge in [-0.25, -0.2) is 0 Å². The molecule has 0 aromatic rings. The predicted molar refractivity (Wildman–Crippen MR) is 175 cm³/mol. The van der Waals surface area contributed by atoms with Crippen LogP contribution in [0.4, 0.5) is 0 Å². The maximum Gasteiger partial charge on any atom is 0.184 e. The topological polar surface area (TPSA) is 27.7 Å². The molecule has 0 bridgehead atoms. The van der Waals surface area contributed by atoms with E-state index < -0.39 is 25.0 Å². The van der Waals surface area contributed by atoms with E-state index >= 15 is 0 Å². The number of rotatable bonds is 10. The Bertz CT molecular complexity index is 830. The second-order valence-corrected chi connectivity index (χ2v) is 31.4. The summed E-state index contributed by atoms with van der Waals surface area (Å²) in [7, 11) is -4.56. The summed E-state index contributed by atoms with van der Waals surface area (Å²) in [6.45, 7) is 30.3. The average molecular weight is 595 g/mol. The fourth-order valence-electron chi connectivity index (χ4n) is 10.3. The molecule has 4 saturated carbocycles. The Labute approximate surface area is 246 Å². The molecular formula is C33H66O3Si3. The Morgan fingerprint density at radius 2 is 1.33 bits per heavy atom. The van der Waals surface area contributed by atoms with Crippen LogP contribution in [0.25, 0.3) is 0 Å². The summed E-state index contributed by atoms with van der Waals surface area (Å²) < 4.78 is 20.2. The maximum atomic E-state index is 7.23. The number of fused-ring (bicyclic) bond motifs is 5. The minimum absolute atomic E-state index is 0.467. The van der Waals surface area contributed by atoms with Gasteiger partial charge in [-0.2, -0.15) is 0 Å². The Morgan fingerprint density at radius 1 is 0.718 bits per heavy atom. The summed E-state index contributed by atoms with van der Waals surface area (Å²) in [6, 6.07) is 0. The van der Waals surface area contributed by atoms with E-state index in [0.717, 1.165) is 42.1 Å². The zero-order valence-corrected chi connectivity index (χ0v) is 31.1. The van der Waals surface area contributed by atoms with E-state index in [1.807, 2.05) is 0 Å². The summed E-state index contributed by atoms with van der Waals surface area (Å²) in [5, 5.41) is 0. The van der Waals surface area contributed by atoms with E-state index in [1.54, 1.807) is 0 Å². The van der Waals surface area contributed by atoms with E-state index in [4.69, 9.17) is 13.3 Å². The van der Waals surface area contributed by atoms with Crippen LogP contribution in [0.5, 0.6) is 0 Å². The van der Waals surface area contributed by atoms with E-state index in [-0.39, 0.29) is 0 Å². The highest BCUT2D eigenvalue weighted by molar-refractivity contribution is 6.70. The minimum atomic E-state index is -1.64. The highest BCUT2D eigenvalue weighted by Crippen LogP contribution is 2.69. The van der Waals surface area contributed by atoms with Gasteiger partial charge in [0.15, 0.2) is 25.0 Å². The van der Waals surface area contributed by atoms with Crippen molar-refractivity contribution in [3.8, 4) is 0 Å². The highest BCUT2D eigenvalue weighted by Gasteiger charge is 2.63. The van der Waals surface area contributed by atoms with Gasteiger partial charge >= 0.3 is 0 Å². The molecule has 0 spiro atoms. The van der Waals surface area contributed by atoms with E-state index in [0.29, 0.717) is 23.0 Å². The van der Waals surface area contributed by atoms with E-state index in [1.165, 1.54) is 64.2 Å². The van der Waals surface area contributed by atoms with Gasteiger partial charge in [-0.3, -0.25) is 0 Å². The van der Waals surface area contributed by atoms with Crippen molar-refractivity contribution in [2.45, 2.75) is 156 Å². The van der Waals surface area contributed by atoms with Crippen molar-refractivity contribution >= 4 is 25.0 Å². The number of hydrogen-bond donors (Lipinski definition) is 0. The van der Waals surface area contributed by atoms with Crippen LogP contribution < -0.4 is 0 Å². The summed E-state index contributed by atoms with van der Waals surface area (Å²) in [4.78, 5) is 0. The molecule has 0 radical (unpaired) electrons. The van der Waals surface area contributed by atoms with Gasteiger partial charge in [0.2, 0.25) is 0 Å². The van der Waals surface area contributed by atoms with Gasteiger partial charge in [-0.05, 0) is 169 Å². The molecule has 3 nitrogen and oxygen atoms in total. The largest absolute Gasteiger partial charge is 0.418 e. The minimum Gasteiger partial charge on any atom is -0.418 e. The molecule has 4 fully saturated rings. The average Bonchev–Trinajstić information content (AvgIpc) is 3.12. The van der Waals surface area contributed by atoms with E-state index in [2.05, 4.69) is 79.7 Å². The van der Waals surface area contributed by atoms with Crippen LogP contribution in [-0.2, 0) is 13.3 Å². The summed E-state index contributed by atoms with van der Waals surface area (Å²) in [6.07, 6.45) is 14.5. The molecule has 10 atom stereocenters. The van der Waals surface area contributed by atoms with Crippen LogP contribution in [0.15, 0.2) is 0 Å². The summed E-state index contributed by atoms with van der Waals surface area (Å²) in [5.74, 6) is 4.88. The lowest BCUT2D eigenvalue weighted by molar-refractivity contribution is -0.168. The SMILES string of the molecule is C[C@H](CCCO[Si](C)(C)C)[C@H]1CC[C@H]2[C@@H]3[C@H](O[Si](C)(C)C)C[C@@H]4C[C@@H](O[Si](C)(C)C)CC[C@]4(C)[C@H]3CC[C@]12C. The Kier molecular flexibility index (Phi) is 9.61. The molecule has 228 valence electrons. The molecule has 0 amide bonds. The van der Waals surface area contributed by atoms with Gasteiger partial charge < -0.3 is 13.3 Å². The molecule has 39 heavy (non-hydrogen) atoms. The van der Waals surface area contributed by atoms with Gasteiger partial charge in [0.25, 0.3) is 0 Å². The lowest BCUT2D eigenvalue weighted by atomic mass is 9.43. The Balaban J connectivity index is 1.53. The molecule has 0 aromatic heterocycles. The van der Waals surface area contributed by atoms with Crippen molar-refractivity contribution < 1.29 is 13.3 Å². The maximum absolute atomic E-state index is 7.23. The van der Waals surface area contributed by atoms with Crippen LogP contribution in [0, 0.1) is 46.3 Å². The van der Waals surface area contributed by atoms with Crippen molar-refractivity contribution in [3.05, 3.63) is 0 Å². The predicted octanol–water partition coefficient (Wildman–Crippen LogP) is 9.96.